The molecule has 7 nitrogen and oxygen atoms in total. The molecule has 1 atom stereocenters. The third-order valence-electron chi connectivity index (χ3n) is 5.17. The van der Waals surface area contributed by atoms with Crippen LogP contribution >= 0.6 is 0 Å². The number of fused-ring (bicyclic) bond motifs is 3. The summed E-state index contributed by atoms with van der Waals surface area (Å²) in [5, 5.41) is 22.5. The largest absolute Gasteiger partial charge is 0.482 e. The summed E-state index contributed by atoms with van der Waals surface area (Å²) in [6, 6.07) is 6.25. The second-order valence-corrected chi connectivity index (χ2v) is 7.15. The molecule has 0 aliphatic carbocycles. The van der Waals surface area contributed by atoms with E-state index in [-0.39, 0.29) is 11.6 Å². The van der Waals surface area contributed by atoms with Crippen molar-refractivity contribution in [3.63, 3.8) is 0 Å². The molecule has 0 spiro atoms. The fraction of sp³-hybridized carbons (Fsp3) is 0.261. The first kappa shape index (κ1) is 22.0. The predicted molar refractivity (Wildman–Crippen MR) is 123 cm³/mol. The number of pyridine rings is 1. The summed E-state index contributed by atoms with van der Waals surface area (Å²) in [6.45, 7) is 4.41. The van der Waals surface area contributed by atoms with Crippen LogP contribution < -0.4 is 21.1 Å². The molecule has 3 rings (SSSR count). The van der Waals surface area contributed by atoms with Crippen molar-refractivity contribution in [2.24, 2.45) is 0 Å². The second-order valence-electron chi connectivity index (χ2n) is 7.15. The minimum Gasteiger partial charge on any atom is -0.482 e. The molecule has 1 unspecified atom stereocenters. The average molecular weight is 423 g/mol. The van der Waals surface area contributed by atoms with Gasteiger partial charge in [-0.25, -0.2) is 9.37 Å². The van der Waals surface area contributed by atoms with Gasteiger partial charge < -0.3 is 31.9 Å². The molecule has 0 amide bonds. The number of hydrogen-bond donors (Lipinski definition) is 5. The Morgan fingerprint density at radius 1 is 1.23 bits per heavy atom. The number of nitrogen functional groups attached to an aromatic ring is 1. The van der Waals surface area contributed by atoms with Crippen LogP contribution in [0.15, 0.2) is 41.6 Å². The van der Waals surface area contributed by atoms with Crippen molar-refractivity contribution in [2.75, 3.05) is 19.3 Å². The first-order valence-electron chi connectivity index (χ1n) is 10.0. The molecule has 2 bridgehead atoms. The van der Waals surface area contributed by atoms with Crippen molar-refractivity contribution in [1.29, 1.82) is 10.8 Å². The van der Waals surface area contributed by atoms with E-state index in [0.717, 1.165) is 5.70 Å². The maximum Gasteiger partial charge on any atom is 0.166 e. The molecule has 2 aromatic rings. The molecule has 0 radical (unpaired) electrons. The van der Waals surface area contributed by atoms with Gasteiger partial charge in [0.2, 0.25) is 0 Å². The minimum atomic E-state index is -0.534. The zero-order valence-corrected chi connectivity index (χ0v) is 17.8. The van der Waals surface area contributed by atoms with Gasteiger partial charge in [0.15, 0.2) is 11.6 Å². The first-order chi connectivity index (χ1) is 14.9. The zero-order valence-electron chi connectivity index (χ0n) is 17.8. The van der Waals surface area contributed by atoms with Crippen LogP contribution in [0.3, 0.4) is 0 Å². The molecule has 6 N–H and O–H groups in total. The highest BCUT2D eigenvalue weighted by atomic mass is 19.1. The van der Waals surface area contributed by atoms with Crippen LogP contribution in [0.1, 0.15) is 43.1 Å². The topological polar surface area (TPSA) is 120 Å². The lowest BCUT2D eigenvalue weighted by Crippen LogP contribution is -2.18. The second kappa shape index (κ2) is 9.42. The Morgan fingerprint density at radius 3 is 2.58 bits per heavy atom. The molecule has 2 heterocycles. The summed E-state index contributed by atoms with van der Waals surface area (Å²) in [4.78, 5) is 4.27. The van der Waals surface area contributed by atoms with Gasteiger partial charge in [-0.15, -0.1) is 0 Å². The third kappa shape index (κ3) is 4.42. The van der Waals surface area contributed by atoms with E-state index in [1.54, 1.807) is 25.4 Å². The summed E-state index contributed by atoms with van der Waals surface area (Å²) >= 11 is 0. The molecule has 0 saturated heterocycles. The van der Waals surface area contributed by atoms with Crippen LogP contribution in [-0.4, -0.2) is 31.0 Å². The smallest absolute Gasteiger partial charge is 0.166 e. The number of aromatic nitrogens is 1. The van der Waals surface area contributed by atoms with Crippen LogP contribution in [0.4, 0.5) is 10.2 Å². The number of allylic oxidation sites excluding steroid dienone is 2. The summed E-state index contributed by atoms with van der Waals surface area (Å²) in [5.74, 6) is 0.215. The van der Waals surface area contributed by atoms with Crippen LogP contribution in [0.5, 0.6) is 5.75 Å². The summed E-state index contributed by atoms with van der Waals surface area (Å²) in [5.41, 5.74) is 10.8. The Labute approximate surface area is 181 Å². The Morgan fingerprint density at radius 2 is 1.94 bits per heavy atom. The number of nitrogens with one attached hydrogen (secondary N) is 4. The van der Waals surface area contributed by atoms with Crippen LogP contribution in [0.25, 0.3) is 11.4 Å². The van der Waals surface area contributed by atoms with Gasteiger partial charge in [0.1, 0.15) is 11.9 Å². The number of nitrogens with two attached hydrogens (primary N) is 1. The first-order valence-corrected chi connectivity index (χ1v) is 10.0. The Bertz CT molecular complexity index is 1080. The lowest BCUT2D eigenvalue weighted by Gasteiger charge is -2.24. The van der Waals surface area contributed by atoms with Gasteiger partial charge in [-0.05, 0) is 49.3 Å². The van der Waals surface area contributed by atoms with E-state index in [2.05, 4.69) is 15.6 Å². The maximum atomic E-state index is 14.2. The van der Waals surface area contributed by atoms with Gasteiger partial charge in [-0.2, -0.15) is 0 Å². The molecule has 0 saturated carbocycles. The lowest BCUT2D eigenvalue weighted by molar-refractivity contribution is 0.226. The number of benzene rings is 1. The fourth-order valence-electron chi connectivity index (χ4n) is 3.71. The predicted octanol–water partition coefficient (Wildman–Crippen LogP) is 3.90. The molecule has 31 heavy (non-hydrogen) atoms. The normalized spacial score (nSPS) is 21.1. The number of hydrogen-bond acceptors (Lipinski definition) is 7. The molecule has 1 aliphatic rings. The summed E-state index contributed by atoms with van der Waals surface area (Å²) < 4.78 is 20.3. The van der Waals surface area contributed by atoms with E-state index in [9.17, 15) is 4.39 Å². The quantitative estimate of drug-likeness (QED) is 0.468. The Kier molecular flexibility index (Phi) is 6.69. The lowest BCUT2D eigenvalue weighted by atomic mass is 9.93. The number of ether oxygens (including phenoxy) is 1. The van der Waals surface area contributed by atoms with Gasteiger partial charge in [0, 0.05) is 66.7 Å². The van der Waals surface area contributed by atoms with E-state index < -0.39 is 6.10 Å². The highest BCUT2D eigenvalue weighted by molar-refractivity contribution is 5.96. The van der Waals surface area contributed by atoms with Crippen molar-refractivity contribution >= 4 is 29.6 Å². The molecule has 1 aliphatic heterocycles. The van der Waals surface area contributed by atoms with E-state index in [4.69, 9.17) is 21.3 Å². The van der Waals surface area contributed by atoms with E-state index in [0.29, 0.717) is 52.2 Å². The Balaban J connectivity index is 2.38. The van der Waals surface area contributed by atoms with Crippen LogP contribution in [0.2, 0.25) is 0 Å². The highest BCUT2D eigenvalue weighted by Crippen LogP contribution is 2.35. The minimum absolute atomic E-state index is 0.224. The van der Waals surface area contributed by atoms with E-state index in [1.165, 1.54) is 24.6 Å². The van der Waals surface area contributed by atoms with Crippen LogP contribution in [0, 0.1) is 16.6 Å². The van der Waals surface area contributed by atoms with Crippen molar-refractivity contribution < 1.29 is 9.13 Å². The highest BCUT2D eigenvalue weighted by Gasteiger charge is 2.22. The SMILES string of the molecule is CCN/C1=C(\C=N)C/C(C=N)=C(/NC)c2ccc(F)cc2C(C)Oc2cc1cnc2N. The van der Waals surface area contributed by atoms with E-state index in [1.807, 2.05) is 13.8 Å². The van der Waals surface area contributed by atoms with Gasteiger partial charge in [-0.1, -0.05) is 0 Å². The van der Waals surface area contributed by atoms with Crippen LogP contribution in [-0.2, 0) is 0 Å². The number of anilines is 1. The maximum absolute atomic E-state index is 14.2. The molecular weight excluding hydrogens is 395 g/mol. The fourth-order valence-corrected chi connectivity index (χ4v) is 3.71. The van der Waals surface area contributed by atoms with Crippen molar-refractivity contribution in [3.05, 3.63) is 64.1 Å². The van der Waals surface area contributed by atoms with Gasteiger partial charge in [-0.3, -0.25) is 0 Å². The number of halogens is 1. The molecule has 8 heteroatoms. The summed E-state index contributed by atoms with van der Waals surface area (Å²) in [7, 11) is 1.76. The van der Waals surface area contributed by atoms with E-state index >= 15 is 0 Å². The molecule has 1 aromatic heterocycles. The summed E-state index contributed by atoms with van der Waals surface area (Å²) in [6.07, 6.45) is 3.94. The average Bonchev–Trinajstić information content (AvgIpc) is 2.77. The number of rotatable bonds is 5. The van der Waals surface area contributed by atoms with Crippen molar-refractivity contribution in [1.82, 2.24) is 15.6 Å². The number of nitrogens with zero attached hydrogens (tertiary/aromatic N) is 1. The van der Waals surface area contributed by atoms with Gasteiger partial charge >= 0.3 is 0 Å². The van der Waals surface area contributed by atoms with Crippen molar-refractivity contribution in [2.45, 2.75) is 26.4 Å². The third-order valence-corrected chi connectivity index (χ3v) is 5.17. The Hall–Kier alpha value is -3.68. The molecule has 0 fully saturated rings. The van der Waals surface area contributed by atoms with Gasteiger partial charge in [0.05, 0.1) is 0 Å². The van der Waals surface area contributed by atoms with Crippen molar-refractivity contribution in [3.8, 4) is 5.75 Å². The molecular formula is C23H27FN6O. The van der Waals surface area contributed by atoms with Gasteiger partial charge in [0.25, 0.3) is 0 Å². The zero-order chi connectivity index (χ0) is 22.5. The molecule has 162 valence electrons. The molecule has 1 aromatic carbocycles. The standard InChI is InChI=1S/C23H27FN6O/c1-4-29-21-14(10-25)7-15(11-26)22(28-3)18-6-5-17(24)9-19(18)13(2)31-20-8-16(21)12-30-23(20)27/h5-6,8-13,25-26,28-29H,4,7H2,1-3H3,(H2,27,30)/b21-14-,22-15-,25-10?,26-11?. The monoisotopic (exact) mass is 422 g/mol.